The molecule has 1 aromatic heterocycles. The van der Waals surface area contributed by atoms with Gasteiger partial charge in [0.1, 0.15) is 7.05 Å². The van der Waals surface area contributed by atoms with Gasteiger partial charge in [-0.3, -0.25) is 0 Å². The fourth-order valence-electron chi connectivity index (χ4n) is 3.82. The SMILES string of the molecule is C[n+]1c(-c2ccc(C(C)(C)C)cc2)c2cc(N)ccc2c2ccc(N)cc21. The van der Waals surface area contributed by atoms with E-state index in [4.69, 9.17) is 11.5 Å². The lowest BCUT2D eigenvalue weighted by Gasteiger charge is -2.19. The number of nitrogens with zero attached hydrogens (tertiary/aromatic N) is 1. The Morgan fingerprint density at radius 2 is 1.30 bits per heavy atom. The van der Waals surface area contributed by atoms with Crippen LogP contribution < -0.4 is 16.0 Å². The van der Waals surface area contributed by atoms with Crippen molar-refractivity contribution in [3.63, 3.8) is 0 Å². The molecule has 0 unspecified atom stereocenters. The van der Waals surface area contributed by atoms with Crippen molar-refractivity contribution in [3.05, 3.63) is 66.2 Å². The maximum absolute atomic E-state index is 6.14. The Bertz CT molecular complexity index is 1170. The molecule has 3 nitrogen and oxygen atoms in total. The van der Waals surface area contributed by atoms with Crippen LogP contribution in [-0.4, -0.2) is 0 Å². The average Bonchev–Trinajstić information content (AvgIpc) is 2.61. The molecule has 4 rings (SSSR count). The van der Waals surface area contributed by atoms with E-state index in [2.05, 4.69) is 74.9 Å². The molecule has 0 saturated heterocycles. The van der Waals surface area contributed by atoms with E-state index in [1.54, 1.807) is 0 Å². The van der Waals surface area contributed by atoms with Gasteiger partial charge >= 0.3 is 0 Å². The minimum absolute atomic E-state index is 0.130. The van der Waals surface area contributed by atoms with Gasteiger partial charge in [0.15, 0.2) is 0 Å². The summed E-state index contributed by atoms with van der Waals surface area (Å²) in [6.45, 7) is 6.70. The summed E-state index contributed by atoms with van der Waals surface area (Å²) in [5.41, 5.74) is 18.6. The number of nitrogen functional groups attached to an aromatic ring is 2. The average molecular weight is 356 g/mol. The van der Waals surface area contributed by atoms with E-state index in [0.29, 0.717) is 0 Å². The Labute approximate surface area is 160 Å². The highest BCUT2D eigenvalue weighted by molar-refractivity contribution is 6.10. The summed E-state index contributed by atoms with van der Waals surface area (Å²) in [6, 6.07) is 21.1. The fourth-order valence-corrected chi connectivity index (χ4v) is 3.82. The Kier molecular flexibility index (Phi) is 3.84. The summed E-state index contributed by atoms with van der Waals surface area (Å²) in [6.07, 6.45) is 0. The molecule has 136 valence electrons. The van der Waals surface area contributed by atoms with Crippen molar-refractivity contribution in [2.75, 3.05) is 11.5 Å². The van der Waals surface area contributed by atoms with Gasteiger partial charge < -0.3 is 11.5 Å². The van der Waals surface area contributed by atoms with Crippen molar-refractivity contribution in [2.24, 2.45) is 7.05 Å². The molecular formula is C24H26N3+. The van der Waals surface area contributed by atoms with Gasteiger partial charge in [0.05, 0.1) is 10.8 Å². The molecule has 0 aliphatic heterocycles. The van der Waals surface area contributed by atoms with E-state index in [9.17, 15) is 0 Å². The standard InChI is InChI=1S/C24H25N3/c1-24(2,3)16-7-5-15(6-8-16)23-21-13-17(25)9-11-19(21)20-12-10-18(26)14-22(20)27(23)4/h5-14,26H,25H2,1-4H3/p+1. The first-order valence-corrected chi connectivity index (χ1v) is 9.27. The maximum atomic E-state index is 6.14. The molecule has 4 N–H and O–H groups in total. The third-order valence-corrected chi connectivity index (χ3v) is 5.33. The molecule has 1 heterocycles. The van der Waals surface area contributed by atoms with Crippen molar-refractivity contribution < 1.29 is 4.57 Å². The smallest absolute Gasteiger partial charge is 0.220 e. The first kappa shape index (κ1) is 17.3. The Balaban J connectivity index is 2.09. The molecule has 0 atom stereocenters. The van der Waals surface area contributed by atoms with Gasteiger partial charge in [0.25, 0.3) is 0 Å². The van der Waals surface area contributed by atoms with E-state index < -0.39 is 0 Å². The van der Waals surface area contributed by atoms with Crippen LogP contribution in [0.5, 0.6) is 0 Å². The monoisotopic (exact) mass is 356 g/mol. The number of rotatable bonds is 1. The van der Waals surface area contributed by atoms with Crippen LogP contribution in [0.4, 0.5) is 11.4 Å². The zero-order valence-corrected chi connectivity index (χ0v) is 16.4. The van der Waals surface area contributed by atoms with Crippen LogP contribution in [0.2, 0.25) is 0 Å². The molecule has 0 amide bonds. The molecule has 27 heavy (non-hydrogen) atoms. The number of anilines is 2. The van der Waals surface area contributed by atoms with Crippen LogP contribution in [-0.2, 0) is 12.5 Å². The van der Waals surface area contributed by atoms with E-state index in [0.717, 1.165) is 28.0 Å². The van der Waals surface area contributed by atoms with Crippen molar-refractivity contribution in [1.29, 1.82) is 0 Å². The highest BCUT2D eigenvalue weighted by Crippen LogP contribution is 2.34. The van der Waals surface area contributed by atoms with E-state index in [1.165, 1.54) is 21.9 Å². The summed E-state index contributed by atoms with van der Waals surface area (Å²) in [7, 11) is 2.09. The molecule has 0 aliphatic carbocycles. The van der Waals surface area contributed by atoms with Crippen molar-refractivity contribution in [3.8, 4) is 11.3 Å². The number of aromatic nitrogens is 1. The van der Waals surface area contributed by atoms with Crippen molar-refractivity contribution >= 4 is 33.1 Å². The number of fused-ring (bicyclic) bond motifs is 3. The van der Waals surface area contributed by atoms with Crippen LogP contribution >= 0.6 is 0 Å². The lowest BCUT2D eigenvalue weighted by atomic mass is 9.86. The van der Waals surface area contributed by atoms with Gasteiger partial charge in [-0.1, -0.05) is 39.0 Å². The molecule has 0 saturated carbocycles. The highest BCUT2D eigenvalue weighted by Gasteiger charge is 2.22. The number of benzene rings is 3. The zero-order chi connectivity index (χ0) is 19.3. The second-order valence-electron chi connectivity index (χ2n) is 8.32. The zero-order valence-electron chi connectivity index (χ0n) is 16.4. The highest BCUT2D eigenvalue weighted by atomic mass is 14.9. The molecule has 0 bridgehead atoms. The molecule has 0 aliphatic rings. The van der Waals surface area contributed by atoms with Crippen LogP contribution in [0.15, 0.2) is 60.7 Å². The number of nitrogens with two attached hydrogens (primary N) is 2. The molecule has 3 aromatic carbocycles. The topological polar surface area (TPSA) is 55.9 Å². The van der Waals surface area contributed by atoms with Crippen molar-refractivity contribution in [2.45, 2.75) is 26.2 Å². The largest absolute Gasteiger partial charge is 0.399 e. The lowest BCUT2D eigenvalue weighted by molar-refractivity contribution is -0.632. The Morgan fingerprint density at radius 1 is 0.704 bits per heavy atom. The minimum atomic E-state index is 0.130. The summed E-state index contributed by atoms with van der Waals surface area (Å²) in [5, 5.41) is 3.52. The van der Waals surface area contributed by atoms with E-state index in [1.807, 2.05) is 18.2 Å². The van der Waals surface area contributed by atoms with Gasteiger partial charge in [0, 0.05) is 28.4 Å². The second kappa shape index (κ2) is 5.98. The quantitative estimate of drug-likeness (QED) is 0.288. The first-order valence-electron chi connectivity index (χ1n) is 9.27. The van der Waals surface area contributed by atoms with Gasteiger partial charge in [-0.25, -0.2) is 0 Å². The summed E-state index contributed by atoms with van der Waals surface area (Å²) >= 11 is 0. The van der Waals surface area contributed by atoms with Gasteiger partial charge in [-0.2, -0.15) is 4.57 Å². The van der Waals surface area contributed by atoms with Gasteiger partial charge in [-0.15, -0.1) is 0 Å². The Morgan fingerprint density at radius 3 is 1.93 bits per heavy atom. The molecule has 0 fully saturated rings. The third kappa shape index (κ3) is 2.89. The third-order valence-electron chi connectivity index (χ3n) is 5.33. The number of hydrogen-bond donors (Lipinski definition) is 2. The van der Waals surface area contributed by atoms with Crippen LogP contribution in [0.25, 0.3) is 32.9 Å². The molecule has 0 radical (unpaired) electrons. The second-order valence-corrected chi connectivity index (χ2v) is 8.32. The maximum Gasteiger partial charge on any atom is 0.220 e. The summed E-state index contributed by atoms with van der Waals surface area (Å²) in [5.74, 6) is 0. The normalized spacial score (nSPS) is 12.0. The minimum Gasteiger partial charge on any atom is -0.399 e. The van der Waals surface area contributed by atoms with Gasteiger partial charge in [0.2, 0.25) is 11.2 Å². The number of aryl methyl sites for hydroxylation is 1. The van der Waals surface area contributed by atoms with E-state index in [-0.39, 0.29) is 5.41 Å². The van der Waals surface area contributed by atoms with Gasteiger partial charge in [-0.05, 0) is 47.4 Å². The fraction of sp³-hybridized carbons (Fsp3) is 0.208. The van der Waals surface area contributed by atoms with Crippen LogP contribution in [0, 0.1) is 0 Å². The summed E-state index contributed by atoms with van der Waals surface area (Å²) in [4.78, 5) is 0. The first-order chi connectivity index (χ1) is 12.8. The molecular weight excluding hydrogens is 330 g/mol. The number of hydrogen-bond acceptors (Lipinski definition) is 2. The summed E-state index contributed by atoms with van der Waals surface area (Å²) < 4.78 is 2.22. The van der Waals surface area contributed by atoms with E-state index >= 15 is 0 Å². The molecule has 0 spiro atoms. The molecule has 4 aromatic rings. The Hall–Kier alpha value is -3.07. The van der Waals surface area contributed by atoms with Crippen LogP contribution in [0.3, 0.4) is 0 Å². The van der Waals surface area contributed by atoms with Crippen LogP contribution in [0.1, 0.15) is 26.3 Å². The predicted octanol–water partition coefficient (Wildman–Crippen LogP) is 4.95. The molecule has 3 heteroatoms. The number of pyridine rings is 1. The predicted molar refractivity (Wildman–Crippen MR) is 116 cm³/mol. The lowest BCUT2D eigenvalue weighted by Crippen LogP contribution is -2.32. The van der Waals surface area contributed by atoms with Crippen molar-refractivity contribution in [1.82, 2.24) is 0 Å².